The summed E-state index contributed by atoms with van der Waals surface area (Å²) in [5, 5.41) is 16.7. The summed E-state index contributed by atoms with van der Waals surface area (Å²) in [6.07, 6.45) is 2.56. The fraction of sp³-hybridized carbons (Fsp3) is 0.347. The maximum atomic E-state index is 15.6. The van der Waals surface area contributed by atoms with Gasteiger partial charge in [-0.1, -0.05) is 64.1 Å². The summed E-state index contributed by atoms with van der Waals surface area (Å²) in [5.41, 5.74) is 3.81. The number of ketones is 1. The molecule has 7 rings (SSSR count). The van der Waals surface area contributed by atoms with Crippen molar-refractivity contribution in [2.75, 3.05) is 23.6 Å². The number of halogens is 2. The number of ether oxygens (including phenoxy) is 1. The van der Waals surface area contributed by atoms with Crippen LogP contribution in [-0.2, 0) is 31.0 Å². The number of nitrogens with zero attached hydrogens (tertiary/aromatic N) is 3. The zero-order valence-corrected chi connectivity index (χ0v) is 39.8. The number of benzene rings is 3. The molecular formula is C49H53F2N7O8S2. The minimum absolute atomic E-state index is 0.0209. The average molecular weight is 970 g/mol. The summed E-state index contributed by atoms with van der Waals surface area (Å²) < 4.78 is 63.3. The number of carbonyl (C=O) groups is 4. The zero-order chi connectivity index (χ0) is 48.9. The lowest BCUT2D eigenvalue weighted by Gasteiger charge is -2.35. The Hall–Kier alpha value is -6.57. The average Bonchev–Trinajstić information content (AvgIpc) is 4.04. The molecule has 3 atom stereocenters. The van der Waals surface area contributed by atoms with Gasteiger partial charge in [0.15, 0.2) is 5.82 Å². The molecule has 358 valence electrons. The van der Waals surface area contributed by atoms with E-state index in [4.69, 9.17) is 4.74 Å². The minimum Gasteiger partial charge on any atom is -0.494 e. The first kappa shape index (κ1) is 49.3. The van der Waals surface area contributed by atoms with Crippen molar-refractivity contribution in [3.63, 3.8) is 0 Å². The molecule has 1 fully saturated rings. The third-order valence-electron chi connectivity index (χ3n) is 11.5. The van der Waals surface area contributed by atoms with Crippen LogP contribution in [0.15, 0.2) is 84.6 Å². The number of aliphatic hydroxyl groups excluding tert-OH is 1. The molecule has 3 aromatic heterocycles. The van der Waals surface area contributed by atoms with Crippen molar-refractivity contribution < 1.29 is 46.2 Å². The van der Waals surface area contributed by atoms with Gasteiger partial charge in [0.1, 0.15) is 29.3 Å². The smallest absolute Gasteiger partial charge is 0.246 e. The minimum atomic E-state index is -3.93. The molecule has 3 amide bonds. The van der Waals surface area contributed by atoms with Crippen LogP contribution in [0.3, 0.4) is 0 Å². The number of anilines is 1. The third-order valence-corrected chi connectivity index (χ3v) is 14.0. The van der Waals surface area contributed by atoms with E-state index in [0.29, 0.717) is 16.9 Å². The zero-order valence-electron chi connectivity index (χ0n) is 38.2. The molecule has 5 N–H and O–H groups in total. The Balaban J connectivity index is 0.947. The number of H-pyrrole nitrogens is 1. The van der Waals surface area contributed by atoms with Gasteiger partial charge in [-0.15, -0.1) is 11.3 Å². The number of nitrogens with one attached hydrogen (secondary N) is 4. The van der Waals surface area contributed by atoms with Crippen LogP contribution in [0, 0.1) is 24.0 Å². The first-order valence-corrected chi connectivity index (χ1v) is 24.6. The lowest BCUT2D eigenvalue weighted by Crippen LogP contribution is -2.57. The highest BCUT2D eigenvalue weighted by Gasteiger charge is 2.44. The number of hydrogen-bond acceptors (Lipinski definition) is 11. The molecular weight excluding hydrogens is 917 g/mol. The monoisotopic (exact) mass is 969 g/mol. The van der Waals surface area contributed by atoms with Gasteiger partial charge >= 0.3 is 0 Å². The summed E-state index contributed by atoms with van der Waals surface area (Å²) >= 11 is 1.55. The molecule has 15 nitrogen and oxygen atoms in total. The van der Waals surface area contributed by atoms with Gasteiger partial charge in [-0.2, -0.15) is 0 Å². The second-order valence-electron chi connectivity index (χ2n) is 17.8. The highest BCUT2D eigenvalue weighted by Crippen LogP contribution is 2.32. The van der Waals surface area contributed by atoms with E-state index in [0.717, 1.165) is 33.8 Å². The van der Waals surface area contributed by atoms with Gasteiger partial charge in [0.25, 0.3) is 0 Å². The molecule has 0 aliphatic carbocycles. The number of pyridine rings is 1. The number of fused-ring (bicyclic) bond motifs is 1. The van der Waals surface area contributed by atoms with Crippen LogP contribution >= 0.6 is 11.3 Å². The SMILES string of the molecule is CCCS(=O)(=O)Nc1ccc(F)c(C(=O)c2c[nH]c3ncc(-c4cccc(OCCCC(=O)NC(C(=O)N5C[C@H](O)C[C@H]5C(=O)NCc5ccc(-c6scnc6C)cc5)C(C)(C)C)c4)cc23)c1F. The number of aryl methyl sites for hydroxylation is 1. The van der Waals surface area contributed by atoms with Crippen molar-refractivity contribution in [1.29, 1.82) is 0 Å². The van der Waals surface area contributed by atoms with Crippen LogP contribution in [0.1, 0.15) is 80.6 Å². The van der Waals surface area contributed by atoms with Gasteiger partial charge in [-0.05, 0) is 72.2 Å². The molecule has 68 heavy (non-hydrogen) atoms. The van der Waals surface area contributed by atoms with Crippen LogP contribution in [0.5, 0.6) is 5.75 Å². The van der Waals surface area contributed by atoms with Gasteiger partial charge in [-0.3, -0.25) is 23.9 Å². The molecule has 19 heteroatoms. The Morgan fingerprint density at radius 3 is 2.49 bits per heavy atom. The summed E-state index contributed by atoms with van der Waals surface area (Å²) in [6.45, 7) is 9.34. The van der Waals surface area contributed by atoms with Crippen molar-refractivity contribution in [1.82, 2.24) is 30.5 Å². The number of sulfonamides is 1. The Bertz CT molecular complexity index is 2950. The first-order chi connectivity index (χ1) is 32.3. The predicted octanol–water partition coefficient (Wildman–Crippen LogP) is 7.29. The molecule has 6 aromatic rings. The standard InChI is InChI=1S/C49H53F2N7O8S2/c1-6-19-68(64,65)57-38-17-16-37(50)41(42(38)51)43(61)36-25-53-46-35(36)21-32(24-52-46)31-9-7-10-34(20-31)66-18-8-11-40(60)56-45(49(3,4)5)48(63)58-26-33(59)22-39(58)47(62)54-23-29-12-14-30(15-13-29)44-28(2)55-27-67-44/h7,9-10,12-17,20-21,24-25,27,33,39,45,57,59H,6,8,11,18-19,22-23,26H2,1-5H3,(H,52,53)(H,54,62)(H,56,60)/t33-,39+,45?/m1/s1. The molecule has 1 unspecified atom stereocenters. The van der Waals surface area contributed by atoms with Gasteiger partial charge in [0, 0.05) is 54.8 Å². The van der Waals surface area contributed by atoms with Crippen molar-refractivity contribution in [3.05, 3.63) is 119 Å². The molecule has 0 radical (unpaired) electrons. The quantitative estimate of drug-likeness (QED) is 0.0429. The van der Waals surface area contributed by atoms with Crippen molar-refractivity contribution >= 4 is 61.6 Å². The van der Waals surface area contributed by atoms with Crippen LogP contribution < -0.4 is 20.1 Å². The van der Waals surface area contributed by atoms with Crippen LogP contribution in [0.25, 0.3) is 32.6 Å². The van der Waals surface area contributed by atoms with Crippen molar-refractivity contribution in [3.8, 4) is 27.3 Å². The topological polar surface area (TPSA) is 213 Å². The molecule has 1 saturated heterocycles. The molecule has 1 aliphatic rings. The maximum absolute atomic E-state index is 15.6. The molecule has 4 heterocycles. The highest BCUT2D eigenvalue weighted by atomic mass is 32.2. The van der Waals surface area contributed by atoms with Crippen LogP contribution in [0.4, 0.5) is 14.5 Å². The summed E-state index contributed by atoms with van der Waals surface area (Å²) in [6, 6.07) is 16.2. The lowest BCUT2D eigenvalue weighted by molar-refractivity contribution is -0.144. The van der Waals surface area contributed by atoms with E-state index >= 15 is 8.78 Å². The number of rotatable bonds is 18. The summed E-state index contributed by atoms with van der Waals surface area (Å²) in [5.74, 6) is -4.61. The normalized spacial score (nSPS) is 15.6. The number of amides is 3. The highest BCUT2D eigenvalue weighted by molar-refractivity contribution is 7.92. The number of aromatic amines is 1. The lowest BCUT2D eigenvalue weighted by atomic mass is 9.85. The Morgan fingerprint density at radius 2 is 1.78 bits per heavy atom. The maximum Gasteiger partial charge on any atom is 0.246 e. The number of hydrogen-bond donors (Lipinski definition) is 5. The van der Waals surface area contributed by atoms with E-state index in [-0.39, 0.29) is 67.7 Å². The number of aromatic nitrogens is 3. The van der Waals surface area contributed by atoms with Crippen LogP contribution in [0.2, 0.25) is 0 Å². The van der Waals surface area contributed by atoms with E-state index in [1.54, 1.807) is 60.3 Å². The van der Waals surface area contributed by atoms with Gasteiger partial charge < -0.3 is 30.4 Å². The van der Waals surface area contributed by atoms with Crippen molar-refractivity contribution in [2.24, 2.45) is 5.41 Å². The Kier molecular flexibility index (Phi) is 15.1. The second kappa shape index (κ2) is 20.7. The van der Waals surface area contributed by atoms with Crippen LogP contribution in [-0.4, -0.2) is 94.0 Å². The van der Waals surface area contributed by atoms with Crippen molar-refractivity contribution in [2.45, 2.75) is 85.0 Å². The molecule has 1 aliphatic heterocycles. The summed E-state index contributed by atoms with van der Waals surface area (Å²) in [7, 11) is -3.93. The van der Waals surface area contributed by atoms with E-state index in [2.05, 4.69) is 30.3 Å². The fourth-order valence-electron chi connectivity index (χ4n) is 8.01. The number of likely N-dealkylation sites (tertiary alicyclic amines) is 1. The van der Waals surface area contributed by atoms with E-state index in [1.165, 1.54) is 11.1 Å². The third kappa shape index (κ3) is 11.4. The molecule has 3 aromatic carbocycles. The van der Waals surface area contributed by atoms with E-state index < -0.39 is 80.0 Å². The predicted molar refractivity (Wildman–Crippen MR) is 255 cm³/mol. The molecule has 0 spiro atoms. The number of thiazole rings is 1. The number of β-amino-alcohol motifs (C(OH)–C–C–N with tert-alkyl or cyclic N) is 1. The fourth-order valence-corrected chi connectivity index (χ4v) is 9.96. The number of carbonyl (C=O) groups excluding carboxylic acids is 4. The van der Waals surface area contributed by atoms with Gasteiger partial charge in [-0.25, -0.2) is 27.2 Å². The number of aliphatic hydroxyl groups is 1. The first-order valence-electron chi connectivity index (χ1n) is 22.1. The summed E-state index contributed by atoms with van der Waals surface area (Å²) in [4.78, 5) is 68.6. The largest absolute Gasteiger partial charge is 0.494 e. The Labute approximate surface area is 396 Å². The van der Waals surface area contributed by atoms with Gasteiger partial charge in [0.05, 0.1) is 45.8 Å². The second-order valence-corrected chi connectivity index (χ2v) is 20.5. The Morgan fingerprint density at radius 1 is 1.01 bits per heavy atom. The van der Waals surface area contributed by atoms with E-state index in [9.17, 15) is 32.7 Å². The van der Waals surface area contributed by atoms with Gasteiger partial charge in [0.2, 0.25) is 33.5 Å². The molecule has 0 saturated carbocycles. The molecule has 0 bridgehead atoms. The van der Waals surface area contributed by atoms with E-state index in [1.807, 2.05) is 52.0 Å².